The van der Waals surface area contributed by atoms with Gasteiger partial charge in [0.05, 0.1) is 6.04 Å². The Labute approximate surface area is 117 Å². The zero-order valence-corrected chi connectivity index (χ0v) is 11.9. The smallest absolute Gasteiger partial charge is 0.138 e. The van der Waals surface area contributed by atoms with Gasteiger partial charge in [0.1, 0.15) is 10.0 Å². The van der Waals surface area contributed by atoms with E-state index in [4.69, 9.17) is 5.73 Å². The van der Waals surface area contributed by atoms with Crippen LogP contribution in [-0.2, 0) is 0 Å². The van der Waals surface area contributed by atoms with Crippen molar-refractivity contribution >= 4 is 11.3 Å². The molecule has 1 aliphatic carbocycles. The second-order valence-corrected chi connectivity index (χ2v) is 6.42. The number of aromatic nitrogens is 2. The van der Waals surface area contributed by atoms with Gasteiger partial charge in [-0.25, -0.2) is 0 Å². The van der Waals surface area contributed by atoms with E-state index in [0.717, 1.165) is 16.5 Å². The second-order valence-electron chi connectivity index (χ2n) is 5.38. The first kappa shape index (κ1) is 12.8. The van der Waals surface area contributed by atoms with E-state index in [1.165, 1.54) is 24.3 Å². The molecule has 0 saturated heterocycles. The molecule has 100 valence electrons. The minimum Gasteiger partial charge on any atom is -0.318 e. The van der Waals surface area contributed by atoms with E-state index < -0.39 is 0 Å². The first-order chi connectivity index (χ1) is 9.25. The third-order valence-electron chi connectivity index (χ3n) is 4.06. The first-order valence-corrected chi connectivity index (χ1v) is 7.71. The Hall–Kier alpha value is -1.26. The Kier molecular flexibility index (Phi) is 3.62. The minimum absolute atomic E-state index is 0.149. The number of hydrogen-bond donors (Lipinski definition) is 1. The molecular formula is C15H19N3S. The lowest BCUT2D eigenvalue weighted by molar-refractivity contribution is 0.527. The lowest BCUT2D eigenvalue weighted by atomic mass is 9.99. The molecule has 1 saturated carbocycles. The van der Waals surface area contributed by atoms with Gasteiger partial charge in [-0.1, -0.05) is 61.4 Å². The average Bonchev–Trinajstić information content (AvgIpc) is 3.07. The van der Waals surface area contributed by atoms with Crippen LogP contribution in [0.25, 0.3) is 0 Å². The highest BCUT2D eigenvalue weighted by molar-refractivity contribution is 7.11. The van der Waals surface area contributed by atoms with Gasteiger partial charge in [-0.3, -0.25) is 0 Å². The van der Waals surface area contributed by atoms with Crippen molar-refractivity contribution in [1.29, 1.82) is 0 Å². The summed E-state index contributed by atoms with van der Waals surface area (Å²) in [6, 6.07) is 9.96. The van der Waals surface area contributed by atoms with Gasteiger partial charge in [-0.2, -0.15) is 0 Å². The maximum Gasteiger partial charge on any atom is 0.138 e. The molecule has 1 aromatic heterocycles. The Morgan fingerprint density at radius 2 is 2.00 bits per heavy atom. The predicted octanol–water partition coefficient (Wildman–Crippen LogP) is 3.49. The van der Waals surface area contributed by atoms with Crippen LogP contribution in [0.15, 0.2) is 30.3 Å². The van der Waals surface area contributed by atoms with Crippen molar-refractivity contribution in [1.82, 2.24) is 10.2 Å². The minimum atomic E-state index is -0.149. The molecule has 4 heteroatoms. The summed E-state index contributed by atoms with van der Waals surface area (Å²) in [7, 11) is 0. The molecule has 0 radical (unpaired) electrons. The number of hydrogen-bond acceptors (Lipinski definition) is 4. The quantitative estimate of drug-likeness (QED) is 0.931. The SMILES string of the molecule is CC1CCCC1c1nnc(C(N)c2ccccc2)s1. The molecule has 1 aliphatic rings. The molecule has 0 amide bonds. The molecule has 0 bridgehead atoms. The molecule has 2 aromatic rings. The van der Waals surface area contributed by atoms with Crippen molar-refractivity contribution in [2.24, 2.45) is 11.7 Å². The summed E-state index contributed by atoms with van der Waals surface area (Å²) in [5, 5.41) is 10.8. The van der Waals surface area contributed by atoms with Crippen molar-refractivity contribution in [2.45, 2.75) is 38.1 Å². The van der Waals surface area contributed by atoms with Crippen LogP contribution in [0.3, 0.4) is 0 Å². The van der Waals surface area contributed by atoms with Crippen molar-refractivity contribution in [3.63, 3.8) is 0 Å². The van der Waals surface area contributed by atoms with E-state index in [2.05, 4.69) is 17.1 Å². The van der Waals surface area contributed by atoms with Gasteiger partial charge in [0, 0.05) is 5.92 Å². The second kappa shape index (κ2) is 5.39. The van der Waals surface area contributed by atoms with Gasteiger partial charge in [-0.05, 0) is 17.9 Å². The van der Waals surface area contributed by atoms with Crippen molar-refractivity contribution in [3.8, 4) is 0 Å². The van der Waals surface area contributed by atoms with Gasteiger partial charge in [0.25, 0.3) is 0 Å². The number of rotatable bonds is 3. The molecule has 1 heterocycles. The molecule has 3 atom stereocenters. The summed E-state index contributed by atoms with van der Waals surface area (Å²) in [5.41, 5.74) is 7.37. The average molecular weight is 273 g/mol. The van der Waals surface area contributed by atoms with E-state index in [0.29, 0.717) is 5.92 Å². The van der Waals surface area contributed by atoms with Crippen LogP contribution >= 0.6 is 11.3 Å². The van der Waals surface area contributed by atoms with Gasteiger partial charge >= 0.3 is 0 Å². The molecule has 0 spiro atoms. The van der Waals surface area contributed by atoms with Crippen LogP contribution in [-0.4, -0.2) is 10.2 Å². The fourth-order valence-corrected chi connectivity index (χ4v) is 3.98. The lowest BCUT2D eigenvalue weighted by Crippen LogP contribution is -2.11. The van der Waals surface area contributed by atoms with Gasteiger partial charge in [0.15, 0.2) is 0 Å². The molecule has 19 heavy (non-hydrogen) atoms. The number of nitrogens with two attached hydrogens (primary N) is 1. The summed E-state index contributed by atoms with van der Waals surface area (Å²) in [6.45, 7) is 2.32. The zero-order chi connectivity index (χ0) is 13.2. The summed E-state index contributed by atoms with van der Waals surface area (Å²) < 4.78 is 0. The van der Waals surface area contributed by atoms with Gasteiger partial charge < -0.3 is 5.73 Å². The first-order valence-electron chi connectivity index (χ1n) is 6.89. The molecule has 3 nitrogen and oxygen atoms in total. The predicted molar refractivity (Wildman–Crippen MR) is 78.1 cm³/mol. The van der Waals surface area contributed by atoms with Gasteiger partial charge in [-0.15, -0.1) is 10.2 Å². The third-order valence-corrected chi connectivity index (χ3v) is 5.20. The topological polar surface area (TPSA) is 51.8 Å². The molecule has 1 fully saturated rings. The lowest BCUT2D eigenvalue weighted by Gasteiger charge is -2.10. The van der Waals surface area contributed by atoms with Crippen LogP contribution in [0.5, 0.6) is 0 Å². The zero-order valence-electron chi connectivity index (χ0n) is 11.1. The van der Waals surface area contributed by atoms with E-state index in [-0.39, 0.29) is 6.04 Å². The highest BCUT2D eigenvalue weighted by Gasteiger charge is 2.28. The van der Waals surface area contributed by atoms with Crippen molar-refractivity contribution in [3.05, 3.63) is 45.9 Å². The number of benzene rings is 1. The van der Waals surface area contributed by atoms with Crippen molar-refractivity contribution in [2.75, 3.05) is 0 Å². The van der Waals surface area contributed by atoms with E-state index >= 15 is 0 Å². The van der Waals surface area contributed by atoms with E-state index in [9.17, 15) is 0 Å². The molecule has 3 rings (SSSR count). The number of nitrogens with zero attached hydrogens (tertiary/aromatic N) is 2. The Balaban J connectivity index is 1.81. The normalized spacial score (nSPS) is 24.5. The van der Waals surface area contributed by atoms with Gasteiger partial charge in [0.2, 0.25) is 0 Å². The molecular weight excluding hydrogens is 254 g/mol. The highest BCUT2D eigenvalue weighted by Crippen LogP contribution is 2.40. The largest absolute Gasteiger partial charge is 0.318 e. The summed E-state index contributed by atoms with van der Waals surface area (Å²) in [5.74, 6) is 1.32. The van der Waals surface area contributed by atoms with Crippen LogP contribution in [0.1, 0.15) is 53.7 Å². The summed E-state index contributed by atoms with van der Waals surface area (Å²) in [6.07, 6.45) is 3.87. The van der Waals surface area contributed by atoms with Crippen LogP contribution in [0.4, 0.5) is 0 Å². The van der Waals surface area contributed by atoms with Crippen LogP contribution in [0.2, 0.25) is 0 Å². The van der Waals surface area contributed by atoms with E-state index in [1.807, 2.05) is 30.3 Å². The monoisotopic (exact) mass is 273 g/mol. The standard InChI is InChI=1S/C15H19N3S/c1-10-6-5-9-12(10)14-17-18-15(19-14)13(16)11-7-3-2-4-8-11/h2-4,7-8,10,12-13H,5-6,9,16H2,1H3. The fraction of sp³-hybridized carbons (Fsp3) is 0.467. The van der Waals surface area contributed by atoms with Crippen LogP contribution in [0, 0.1) is 5.92 Å². The maximum atomic E-state index is 6.27. The molecule has 0 aliphatic heterocycles. The van der Waals surface area contributed by atoms with Crippen LogP contribution < -0.4 is 5.73 Å². The van der Waals surface area contributed by atoms with E-state index in [1.54, 1.807) is 11.3 Å². The Morgan fingerprint density at radius 1 is 1.21 bits per heavy atom. The summed E-state index contributed by atoms with van der Waals surface area (Å²) >= 11 is 1.69. The molecule has 3 unspecified atom stereocenters. The maximum absolute atomic E-state index is 6.27. The highest BCUT2D eigenvalue weighted by atomic mass is 32.1. The Morgan fingerprint density at radius 3 is 2.68 bits per heavy atom. The Bertz CT molecular complexity index is 537. The third kappa shape index (κ3) is 2.55. The summed E-state index contributed by atoms with van der Waals surface area (Å²) in [4.78, 5) is 0. The fourth-order valence-electron chi connectivity index (χ4n) is 2.84. The molecule has 2 N–H and O–H groups in total. The van der Waals surface area contributed by atoms with Crippen molar-refractivity contribution < 1.29 is 0 Å². The molecule has 1 aromatic carbocycles.